The molecule has 3 aromatic rings. The monoisotopic (exact) mass is 240 g/mol. The Hall–Kier alpha value is -2.42. The maximum absolute atomic E-state index is 9.55. The summed E-state index contributed by atoms with van der Waals surface area (Å²) in [7, 11) is 1.64. The summed E-state index contributed by atoms with van der Waals surface area (Å²) in [5.74, 6) is 1.02. The summed E-state index contributed by atoms with van der Waals surface area (Å²) in [4.78, 5) is 0. The normalized spacial score (nSPS) is 10.7. The van der Waals surface area contributed by atoms with E-state index in [1.807, 2.05) is 24.3 Å². The Morgan fingerprint density at radius 1 is 1.11 bits per heavy atom. The van der Waals surface area contributed by atoms with Gasteiger partial charge in [0.25, 0.3) is 0 Å². The third-order valence-corrected chi connectivity index (χ3v) is 2.94. The van der Waals surface area contributed by atoms with Crippen molar-refractivity contribution in [2.24, 2.45) is 0 Å². The van der Waals surface area contributed by atoms with Gasteiger partial charge in [0.1, 0.15) is 17.1 Å². The van der Waals surface area contributed by atoms with Gasteiger partial charge in [0.05, 0.1) is 13.4 Å². The number of aromatic hydroxyl groups is 1. The van der Waals surface area contributed by atoms with Gasteiger partial charge in [-0.25, -0.2) is 0 Å². The number of ether oxygens (including phenoxy) is 1. The molecular formula is C15H12O3. The molecule has 18 heavy (non-hydrogen) atoms. The van der Waals surface area contributed by atoms with Gasteiger partial charge >= 0.3 is 0 Å². The molecule has 0 aliphatic heterocycles. The molecule has 1 N–H and O–H groups in total. The van der Waals surface area contributed by atoms with Crippen LogP contribution in [0, 0.1) is 0 Å². The second kappa shape index (κ2) is 4.11. The predicted molar refractivity (Wildman–Crippen MR) is 69.9 cm³/mol. The summed E-state index contributed by atoms with van der Waals surface area (Å²) in [5.41, 5.74) is 2.70. The lowest BCUT2D eigenvalue weighted by Crippen LogP contribution is -1.82. The van der Waals surface area contributed by atoms with Crippen molar-refractivity contribution in [1.82, 2.24) is 0 Å². The van der Waals surface area contributed by atoms with Crippen LogP contribution in [-0.2, 0) is 0 Å². The van der Waals surface area contributed by atoms with Gasteiger partial charge in [-0.2, -0.15) is 0 Å². The van der Waals surface area contributed by atoms with Gasteiger partial charge in [-0.05, 0) is 35.9 Å². The summed E-state index contributed by atoms with van der Waals surface area (Å²) in [5, 5.41) is 10.4. The SMILES string of the molecule is COc1cccc(-c2coc3ccc(O)cc23)c1. The average Bonchev–Trinajstić information content (AvgIpc) is 2.81. The Labute approximate surface area is 104 Å². The Morgan fingerprint density at radius 2 is 2.00 bits per heavy atom. The lowest BCUT2D eigenvalue weighted by Gasteiger charge is -2.02. The third-order valence-electron chi connectivity index (χ3n) is 2.94. The standard InChI is InChI=1S/C15H12O3/c1-17-12-4-2-3-10(7-12)14-9-18-15-6-5-11(16)8-13(14)15/h2-9,16H,1H3. The van der Waals surface area contributed by atoms with Gasteiger partial charge < -0.3 is 14.3 Å². The van der Waals surface area contributed by atoms with Crippen molar-refractivity contribution in [3.8, 4) is 22.6 Å². The molecule has 0 atom stereocenters. The Balaban J connectivity index is 2.21. The highest BCUT2D eigenvalue weighted by atomic mass is 16.5. The highest BCUT2D eigenvalue weighted by Gasteiger charge is 2.09. The molecule has 0 unspecified atom stereocenters. The smallest absolute Gasteiger partial charge is 0.134 e. The van der Waals surface area contributed by atoms with Crippen LogP contribution in [0.2, 0.25) is 0 Å². The number of rotatable bonds is 2. The van der Waals surface area contributed by atoms with E-state index in [4.69, 9.17) is 9.15 Å². The highest BCUT2D eigenvalue weighted by Crippen LogP contribution is 2.33. The van der Waals surface area contributed by atoms with Crippen molar-refractivity contribution < 1.29 is 14.3 Å². The van der Waals surface area contributed by atoms with E-state index in [1.165, 1.54) is 0 Å². The first-order valence-corrected chi connectivity index (χ1v) is 5.62. The first-order chi connectivity index (χ1) is 8.78. The van der Waals surface area contributed by atoms with Crippen molar-refractivity contribution in [2.75, 3.05) is 7.11 Å². The molecule has 0 bridgehead atoms. The van der Waals surface area contributed by atoms with E-state index in [9.17, 15) is 5.11 Å². The molecule has 0 fully saturated rings. The lowest BCUT2D eigenvalue weighted by atomic mass is 10.0. The first kappa shape index (κ1) is 10.7. The number of hydrogen-bond acceptors (Lipinski definition) is 3. The Bertz CT molecular complexity index is 698. The molecule has 2 aromatic carbocycles. The first-order valence-electron chi connectivity index (χ1n) is 5.62. The lowest BCUT2D eigenvalue weighted by molar-refractivity contribution is 0.415. The van der Waals surface area contributed by atoms with Crippen LogP contribution in [0.5, 0.6) is 11.5 Å². The minimum atomic E-state index is 0.230. The van der Waals surface area contributed by atoms with Crippen molar-refractivity contribution in [3.05, 3.63) is 48.7 Å². The van der Waals surface area contributed by atoms with Crippen LogP contribution < -0.4 is 4.74 Å². The van der Waals surface area contributed by atoms with E-state index in [0.29, 0.717) is 0 Å². The predicted octanol–water partition coefficient (Wildman–Crippen LogP) is 3.81. The molecule has 0 radical (unpaired) electrons. The van der Waals surface area contributed by atoms with Crippen LogP contribution in [0.4, 0.5) is 0 Å². The molecule has 1 heterocycles. The molecule has 3 nitrogen and oxygen atoms in total. The van der Waals surface area contributed by atoms with Gasteiger partial charge in [0, 0.05) is 10.9 Å². The fourth-order valence-corrected chi connectivity index (χ4v) is 2.03. The number of fused-ring (bicyclic) bond motifs is 1. The minimum absolute atomic E-state index is 0.230. The quantitative estimate of drug-likeness (QED) is 0.740. The number of hydrogen-bond donors (Lipinski definition) is 1. The summed E-state index contributed by atoms with van der Waals surface area (Å²) in [6, 6.07) is 12.8. The third kappa shape index (κ3) is 1.70. The zero-order valence-electron chi connectivity index (χ0n) is 9.88. The van der Waals surface area contributed by atoms with Gasteiger partial charge in [-0.1, -0.05) is 12.1 Å². The Morgan fingerprint density at radius 3 is 2.83 bits per heavy atom. The zero-order chi connectivity index (χ0) is 12.5. The van der Waals surface area contributed by atoms with E-state index in [1.54, 1.807) is 31.6 Å². The molecule has 1 aromatic heterocycles. The largest absolute Gasteiger partial charge is 0.508 e. The number of furan rings is 1. The minimum Gasteiger partial charge on any atom is -0.508 e. The molecule has 0 saturated carbocycles. The molecule has 0 aliphatic carbocycles. The fourth-order valence-electron chi connectivity index (χ4n) is 2.03. The number of phenols is 1. The van der Waals surface area contributed by atoms with Crippen molar-refractivity contribution >= 4 is 11.0 Å². The molecular weight excluding hydrogens is 228 g/mol. The highest BCUT2D eigenvalue weighted by molar-refractivity contribution is 5.94. The Kier molecular flexibility index (Phi) is 2.45. The van der Waals surface area contributed by atoms with Crippen LogP contribution >= 0.6 is 0 Å². The van der Waals surface area contributed by atoms with Gasteiger partial charge in [0.2, 0.25) is 0 Å². The summed E-state index contributed by atoms with van der Waals surface area (Å²) >= 11 is 0. The maximum Gasteiger partial charge on any atom is 0.134 e. The van der Waals surface area contributed by atoms with Crippen LogP contribution in [0.15, 0.2) is 53.1 Å². The maximum atomic E-state index is 9.55. The zero-order valence-corrected chi connectivity index (χ0v) is 9.88. The number of phenolic OH excluding ortho intramolecular Hbond substituents is 1. The van der Waals surface area contributed by atoms with E-state index < -0.39 is 0 Å². The van der Waals surface area contributed by atoms with Crippen LogP contribution in [-0.4, -0.2) is 12.2 Å². The van der Waals surface area contributed by atoms with Crippen LogP contribution in [0.3, 0.4) is 0 Å². The molecule has 3 rings (SSSR count). The molecule has 0 aliphatic rings. The summed E-state index contributed by atoms with van der Waals surface area (Å²) in [6.45, 7) is 0. The van der Waals surface area contributed by atoms with E-state index in [2.05, 4.69) is 0 Å². The van der Waals surface area contributed by atoms with Crippen molar-refractivity contribution in [2.45, 2.75) is 0 Å². The number of methoxy groups -OCH3 is 1. The van der Waals surface area contributed by atoms with Gasteiger partial charge in [-0.15, -0.1) is 0 Å². The van der Waals surface area contributed by atoms with Gasteiger partial charge in [-0.3, -0.25) is 0 Å². The number of benzene rings is 2. The van der Waals surface area contributed by atoms with Crippen molar-refractivity contribution in [1.29, 1.82) is 0 Å². The molecule has 0 saturated heterocycles. The topological polar surface area (TPSA) is 42.6 Å². The summed E-state index contributed by atoms with van der Waals surface area (Å²) in [6.07, 6.45) is 1.69. The molecule has 3 heteroatoms. The second-order valence-corrected chi connectivity index (χ2v) is 4.06. The van der Waals surface area contributed by atoms with E-state index in [0.717, 1.165) is 27.8 Å². The van der Waals surface area contributed by atoms with E-state index in [-0.39, 0.29) is 5.75 Å². The molecule has 0 amide bonds. The molecule has 90 valence electrons. The van der Waals surface area contributed by atoms with Gasteiger partial charge in [0.15, 0.2) is 0 Å². The van der Waals surface area contributed by atoms with Crippen molar-refractivity contribution in [3.63, 3.8) is 0 Å². The second-order valence-electron chi connectivity index (χ2n) is 4.06. The summed E-state index contributed by atoms with van der Waals surface area (Å²) < 4.78 is 10.7. The van der Waals surface area contributed by atoms with Crippen LogP contribution in [0.1, 0.15) is 0 Å². The van der Waals surface area contributed by atoms with E-state index >= 15 is 0 Å². The fraction of sp³-hybridized carbons (Fsp3) is 0.0667. The molecule has 0 spiro atoms. The van der Waals surface area contributed by atoms with Crippen LogP contribution in [0.25, 0.3) is 22.1 Å². The average molecular weight is 240 g/mol.